The fourth-order valence-corrected chi connectivity index (χ4v) is 2.59. The molecule has 0 saturated carbocycles. The van der Waals surface area contributed by atoms with Crippen molar-refractivity contribution in [3.05, 3.63) is 24.9 Å². The number of nitrogens with two attached hydrogens (primary N) is 1. The van der Waals surface area contributed by atoms with Gasteiger partial charge in [0.2, 0.25) is 0 Å². The highest BCUT2D eigenvalue weighted by Crippen LogP contribution is 2.32. The van der Waals surface area contributed by atoms with Gasteiger partial charge in [-0.25, -0.2) is 0 Å². The summed E-state index contributed by atoms with van der Waals surface area (Å²) in [6, 6.07) is 0. The van der Waals surface area contributed by atoms with Gasteiger partial charge >= 0.3 is 0 Å². The quantitative estimate of drug-likeness (QED) is 0.540. The predicted octanol–water partition coefficient (Wildman–Crippen LogP) is 3.06. The molecule has 0 aromatic heterocycles. The van der Waals surface area contributed by atoms with E-state index in [2.05, 4.69) is 32.3 Å². The number of hydrogen-bond acceptors (Lipinski definition) is 3. The summed E-state index contributed by atoms with van der Waals surface area (Å²) in [6.45, 7) is 19.5. The highest BCUT2D eigenvalue weighted by atomic mass is 16.3. The molecule has 0 bridgehead atoms. The number of rotatable bonds is 10. The second-order valence-corrected chi connectivity index (χ2v) is 7.43. The van der Waals surface area contributed by atoms with Gasteiger partial charge in [-0.3, -0.25) is 0 Å². The lowest BCUT2D eigenvalue weighted by Gasteiger charge is -2.35. The fraction of sp³-hybridized carbons (Fsp3) is 0.765. The van der Waals surface area contributed by atoms with Crippen LogP contribution in [-0.2, 0) is 0 Å². The summed E-state index contributed by atoms with van der Waals surface area (Å²) in [4.78, 5) is 0. The third-order valence-electron chi connectivity index (χ3n) is 3.64. The average molecular weight is 282 g/mol. The van der Waals surface area contributed by atoms with Crippen LogP contribution in [0.4, 0.5) is 0 Å². The van der Waals surface area contributed by atoms with Gasteiger partial charge in [0, 0.05) is 29.8 Å². The van der Waals surface area contributed by atoms with Crippen LogP contribution >= 0.6 is 0 Å². The molecule has 4 N–H and O–H groups in total. The van der Waals surface area contributed by atoms with Gasteiger partial charge in [0.15, 0.2) is 0 Å². The lowest BCUT2D eigenvalue weighted by molar-refractivity contribution is 0.218. The normalized spacial score (nSPS) is 15.6. The van der Waals surface area contributed by atoms with Crippen LogP contribution in [0.2, 0.25) is 0 Å². The smallest absolute Gasteiger partial charge is 0.0456 e. The van der Waals surface area contributed by atoms with Gasteiger partial charge in [-0.2, -0.15) is 0 Å². The van der Waals surface area contributed by atoms with Crippen LogP contribution in [-0.4, -0.2) is 23.8 Å². The molecule has 3 heteroatoms. The molecular weight excluding hydrogens is 248 g/mol. The highest BCUT2D eigenvalue weighted by Gasteiger charge is 2.28. The second kappa shape index (κ2) is 7.84. The van der Waals surface area contributed by atoms with E-state index in [1.807, 2.05) is 26.8 Å². The number of allylic oxidation sites excluding steroid dienone is 1. The van der Waals surface area contributed by atoms with E-state index in [-0.39, 0.29) is 17.6 Å². The lowest BCUT2D eigenvalue weighted by Crippen LogP contribution is -2.40. The van der Waals surface area contributed by atoms with Gasteiger partial charge in [-0.05, 0) is 38.5 Å². The van der Waals surface area contributed by atoms with Crippen molar-refractivity contribution in [1.29, 1.82) is 0 Å². The maximum absolute atomic E-state index is 9.13. The van der Waals surface area contributed by atoms with E-state index in [1.165, 1.54) is 0 Å². The first kappa shape index (κ1) is 19.2. The molecule has 0 heterocycles. The molecule has 118 valence electrons. The molecule has 0 radical (unpaired) electrons. The van der Waals surface area contributed by atoms with E-state index >= 15 is 0 Å². The Morgan fingerprint density at radius 2 is 1.90 bits per heavy atom. The molecule has 0 aromatic carbocycles. The molecular formula is C17H34N2O. The summed E-state index contributed by atoms with van der Waals surface area (Å²) in [5.41, 5.74) is 6.87. The molecule has 0 aromatic rings. The van der Waals surface area contributed by atoms with Crippen LogP contribution in [0.5, 0.6) is 0 Å². The molecule has 2 atom stereocenters. The molecule has 3 nitrogen and oxygen atoms in total. The van der Waals surface area contributed by atoms with Gasteiger partial charge < -0.3 is 16.2 Å². The third kappa shape index (κ3) is 7.71. The van der Waals surface area contributed by atoms with E-state index in [0.717, 1.165) is 25.1 Å². The van der Waals surface area contributed by atoms with Gasteiger partial charge in [-0.15, -0.1) is 6.58 Å². The van der Waals surface area contributed by atoms with Crippen molar-refractivity contribution in [2.45, 2.75) is 53.0 Å². The van der Waals surface area contributed by atoms with Crippen LogP contribution in [0.1, 0.15) is 47.5 Å². The van der Waals surface area contributed by atoms with Crippen molar-refractivity contribution in [2.75, 3.05) is 13.2 Å². The topological polar surface area (TPSA) is 58.3 Å². The predicted molar refractivity (Wildman–Crippen MR) is 88.4 cm³/mol. The van der Waals surface area contributed by atoms with Gasteiger partial charge in [0.1, 0.15) is 0 Å². The Morgan fingerprint density at radius 3 is 2.30 bits per heavy atom. The summed E-state index contributed by atoms with van der Waals surface area (Å²) in [7, 11) is 0. The fourth-order valence-electron chi connectivity index (χ4n) is 2.59. The second-order valence-electron chi connectivity index (χ2n) is 7.43. The van der Waals surface area contributed by atoms with Gasteiger partial charge in [0.05, 0.1) is 0 Å². The zero-order valence-corrected chi connectivity index (χ0v) is 14.0. The zero-order valence-electron chi connectivity index (χ0n) is 14.0. The maximum Gasteiger partial charge on any atom is 0.0456 e. The van der Waals surface area contributed by atoms with E-state index < -0.39 is 0 Å². The molecule has 0 saturated heterocycles. The Labute approximate surface area is 125 Å². The van der Waals surface area contributed by atoms with Crippen molar-refractivity contribution < 1.29 is 5.11 Å². The van der Waals surface area contributed by atoms with Crippen molar-refractivity contribution in [1.82, 2.24) is 5.32 Å². The standard InChI is InChI=1S/C17H34N2O/c1-8-15(9-13(2)11-20)10-19-14(3)16(4,5)12-17(6,7)18/h8,13,15,19-20H,1,3,9-12,18H2,2,4-7H3/t13-,15?/m0/s1. The SMILES string of the molecule is C=CC(CNC(=C)C(C)(C)CC(C)(C)N)C[C@H](C)CO. The molecule has 0 aliphatic carbocycles. The molecule has 0 aliphatic heterocycles. The number of aliphatic hydroxyl groups is 1. The Morgan fingerprint density at radius 1 is 1.35 bits per heavy atom. The number of hydrogen-bond donors (Lipinski definition) is 3. The van der Waals surface area contributed by atoms with E-state index in [0.29, 0.717) is 11.8 Å². The van der Waals surface area contributed by atoms with Gasteiger partial charge in [-0.1, -0.05) is 33.4 Å². The first-order chi connectivity index (χ1) is 9.01. The Balaban J connectivity index is 4.41. The maximum atomic E-state index is 9.13. The molecule has 0 spiro atoms. The average Bonchev–Trinajstić information content (AvgIpc) is 2.30. The summed E-state index contributed by atoms with van der Waals surface area (Å²) in [5.74, 6) is 0.639. The number of aliphatic hydroxyl groups excluding tert-OH is 1. The zero-order chi connectivity index (χ0) is 16.0. The molecule has 0 amide bonds. The first-order valence-electron chi connectivity index (χ1n) is 7.47. The van der Waals surface area contributed by atoms with Crippen LogP contribution < -0.4 is 11.1 Å². The van der Waals surface area contributed by atoms with Crippen LogP contribution in [0.25, 0.3) is 0 Å². The minimum absolute atomic E-state index is 0.0490. The van der Waals surface area contributed by atoms with E-state index in [4.69, 9.17) is 10.8 Å². The molecule has 0 rings (SSSR count). The summed E-state index contributed by atoms with van der Waals surface area (Å²) in [6.07, 6.45) is 3.76. The van der Waals surface area contributed by atoms with Crippen molar-refractivity contribution in [2.24, 2.45) is 23.0 Å². The van der Waals surface area contributed by atoms with E-state index in [1.54, 1.807) is 0 Å². The van der Waals surface area contributed by atoms with Crippen LogP contribution in [0.15, 0.2) is 24.9 Å². The van der Waals surface area contributed by atoms with Crippen molar-refractivity contribution >= 4 is 0 Å². The minimum Gasteiger partial charge on any atom is -0.396 e. The Hall–Kier alpha value is -0.800. The summed E-state index contributed by atoms with van der Waals surface area (Å²) >= 11 is 0. The van der Waals surface area contributed by atoms with E-state index in [9.17, 15) is 0 Å². The summed E-state index contributed by atoms with van der Waals surface area (Å²) in [5, 5.41) is 12.6. The lowest BCUT2D eigenvalue weighted by atomic mass is 9.78. The monoisotopic (exact) mass is 282 g/mol. The van der Waals surface area contributed by atoms with Crippen LogP contribution in [0.3, 0.4) is 0 Å². The molecule has 0 aliphatic rings. The first-order valence-corrected chi connectivity index (χ1v) is 7.47. The van der Waals surface area contributed by atoms with Crippen molar-refractivity contribution in [3.8, 4) is 0 Å². The van der Waals surface area contributed by atoms with Gasteiger partial charge in [0.25, 0.3) is 0 Å². The minimum atomic E-state index is -0.211. The highest BCUT2D eigenvalue weighted by molar-refractivity contribution is 5.07. The van der Waals surface area contributed by atoms with Crippen LogP contribution in [0, 0.1) is 17.3 Å². The molecule has 1 unspecified atom stereocenters. The third-order valence-corrected chi connectivity index (χ3v) is 3.64. The largest absolute Gasteiger partial charge is 0.396 e. The molecule has 0 fully saturated rings. The molecule has 20 heavy (non-hydrogen) atoms. The van der Waals surface area contributed by atoms with Crippen molar-refractivity contribution in [3.63, 3.8) is 0 Å². The number of nitrogens with one attached hydrogen (secondary N) is 1. The Bertz CT molecular complexity index is 315. The summed E-state index contributed by atoms with van der Waals surface area (Å²) < 4.78 is 0. The Kier molecular flexibility index (Phi) is 7.53.